The molecule has 1 aromatic rings. The second-order valence-corrected chi connectivity index (χ2v) is 17.9. The van der Waals surface area contributed by atoms with Crippen molar-refractivity contribution in [3.8, 4) is 0 Å². The minimum absolute atomic E-state index is 0.000786. The molecule has 0 fully saturated rings. The maximum Gasteiger partial charge on any atom is 0.190 e. The molecule has 0 heterocycles. The van der Waals surface area contributed by atoms with Gasteiger partial charge in [-0.3, -0.25) is 9.59 Å². The van der Waals surface area contributed by atoms with Gasteiger partial charge in [-0.15, -0.1) is 0 Å². The molecular formula is C56H82O3. The highest BCUT2D eigenvalue weighted by molar-refractivity contribution is 6.26. The lowest BCUT2D eigenvalue weighted by Gasteiger charge is -2.18. The van der Waals surface area contributed by atoms with Crippen LogP contribution in [0.1, 0.15) is 206 Å². The molecule has 2 rings (SSSR count). The summed E-state index contributed by atoms with van der Waals surface area (Å²) in [5, 5.41) is 9.12. The summed E-state index contributed by atoms with van der Waals surface area (Å²) in [6, 6.07) is 7.18. The van der Waals surface area contributed by atoms with Crippen LogP contribution in [0.3, 0.4) is 0 Å². The van der Waals surface area contributed by atoms with Crippen LogP contribution in [0, 0.1) is 5.92 Å². The van der Waals surface area contributed by atoms with Crippen molar-refractivity contribution in [2.45, 2.75) is 185 Å². The molecule has 0 saturated carbocycles. The summed E-state index contributed by atoms with van der Waals surface area (Å²) in [5.41, 5.74) is 13.6. The Morgan fingerprint density at radius 3 is 1.25 bits per heavy atom. The Morgan fingerprint density at radius 2 is 0.847 bits per heavy atom. The highest BCUT2D eigenvalue weighted by atomic mass is 16.3. The smallest absolute Gasteiger partial charge is 0.190 e. The van der Waals surface area contributed by atoms with E-state index in [0.29, 0.717) is 34.6 Å². The topological polar surface area (TPSA) is 54.4 Å². The quantitative estimate of drug-likeness (QED) is 0.0859. The summed E-state index contributed by atoms with van der Waals surface area (Å²) >= 11 is 0. The molecule has 0 spiro atoms. The van der Waals surface area contributed by atoms with Gasteiger partial charge in [0.25, 0.3) is 0 Å². The first-order valence-electron chi connectivity index (χ1n) is 23.0. The molecule has 3 nitrogen and oxygen atoms in total. The Labute approximate surface area is 362 Å². The van der Waals surface area contributed by atoms with Crippen LogP contribution in [-0.2, 0) is 0 Å². The number of hydrogen-bond donors (Lipinski definition) is 1. The molecule has 1 aromatic carbocycles. The van der Waals surface area contributed by atoms with Crippen LogP contribution >= 0.6 is 0 Å². The van der Waals surface area contributed by atoms with E-state index in [0.717, 1.165) is 102 Å². The molecular weight excluding hydrogens is 721 g/mol. The van der Waals surface area contributed by atoms with E-state index in [1.807, 2.05) is 19.1 Å². The van der Waals surface area contributed by atoms with Gasteiger partial charge in [0.15, 0.2) is 11.6 Å². The van der Waals surface area contributed by atoms with Crippen molar-refractivity contribution < 1.29 is 14.7 Å². The molecule has 1 N–H and O–H groups in total. The van der Waals surface area contributed by atoms with Crippen LogP contribution in [0.4, 0.5) is 0 Å². The monoisotopic (exact) mass is 803 g/mol. The molecule has 1 atom stereocenters. The normalized spacial score (nSPS) is 16.1. The zero-order chi connectivity index (χ0) is 43.6. The SMILES string of the molecule is CC1=C(C/C=C(\C)CCCC(C)CC/C=C(\C)CC/C=C(\C)CC/C=C(\C)CC/C=C(\C)CC/C=C(\C)CC/C=C(\C)CC/C=C(\C)CO)C(=O)c2ccccc2C1=O. The first-order valence-corrected chi connectivity index (χ1v) is 23.0. The molecule has 1 aliphatic carbocycles. The van der Waals surface area contributed by atoms with Gasteiger partial charge in [-0.1, -0.05) is 131 Å². The van der Waals surface area contributed by atoms with Gasteiger partial charge in [-0.2, -0.15) is 0 Å². The molecule has 0 bridgehead atoms. The number of ketones is 2. The molecule has 3 heteroatoms. The third-order valence-corrected chi connectivity index (χ3v) is 12.0. The largest absolute Gasteiger partial charge is 0.392 e. The van der Waals surface area contributed by atoms with Crippen LogP contribution in [0.25, 0.3) is 0 Å². The summed E-state index contributed by atoms with van der Waals surface area (Å²) in [5.74, 6) is 0.676. The molecule has 59 heavy (non-hydrogen) atoms. The fourth-order valence-corrected chi connectivity index (χ4v) is 7.62. The molecule has 0 amide bonds. The van der Waals surface area contributed by atoms with Crippen molar-refractivity contribution in [2.75, 3.05) is 6.61 Å². The van der Waals surface area contributed by atoms with E-state index >= 15 is 0 Å². The maximum atomic E-state index is 13.0. The Balaban J connectivity index is 1.57. The summed E-state index contributed by atoms with van der Waals surface area (Å²) in [7, 11) is 0. The number of benzene rings is 1. The van der Waals surface area contributed by atoms with Crippen molar-refractivity contribution in [3.63, 3.8) is 0 Å². The molecule has 0 aliphatic heterocycles. The predicted molar refractivity (Wildman–Crippen MR) is 257 cm³/mol. The lowest BCUT2D eigenvalue weighted by Crippen LogP contribution is -2.20. The number of allylic oxidation sites excluding steroid dienone is 17. The Kier molecular flexibility index (Phi) is 25.6. The van der Waals surface area contributed by atoms with Crippen molar-refractivity contribution in [3.05, 3.63) is 140 Å². The lowest BCUT2D eigenvalue weighted by molar-refractivity contribution is 0.0973. The van der Waals surface area contributed by atoms with Crippen molar-refractivity contribution in [1.29, 1.82) is 0 Å². The van der Waals surface area contributed by atoms with Crippen molar-refractivity contribution in [2.24, 2.45) is 5.92 Å². The minimum Gasteiger partial charge on any atom is -0.392 e. The predicted octanol–water partition coefficient (Wildman–Crippen LogP) is 16.6. The van der Waals surface area contributed by atoms with Crippen LogP contribution in [-0.4, -0.2) is 23.3 Å². The summed E-state index contributed by atoms with van der Waals surface area (Å²) in [6.45, 7) is 22.1. The van der Waals surface area contributed by atoms with Crippen LogP contribution in [0.5, 0.6) is 0 Å². The third kappa shape index (κ3) is 21.8. The second-order valence-electron chi connectivity index (χ2n) is 17.9. The van der Waals surface area contributed by atoms with Crippen molar-refractivity contribution >= 4 is 11.6 Å². The third-order valence-electron chi connectivity index (χ3n) is 12.0. The number of fused-ring (bicyclic) bond motifs is 1. The number of aliphatic hydroxyl groups excluding tert-OH is 1. The van der Waals surface area contributed by atoms with E-state index in [2.05, 4.69) is 104 Å². The van der Waals surface area contributed by atoms with Crippen LogP contribution in [0.2, 0.25) is 0 Å². The Bertz CT molecular complexity index is 1780. The van der Waals surface area contributed by atoms with E-state index in [4.69, 9.17) is 5.11 Å². The van der Waals surface area contributed by atoms with E-state index in [1.54, 1.807) is 19.1 Å². The zero-order valence-electron chi connectivity index (χ0n) is 39.2. The van der Waals surface area contributed by atoms with Gasteiger partial charge >= 0.3 is 0 Å². The first kappa shape index (κ1) is 51.3. The molecule has 0 aromatic heterocycles. The zero-order valence-corrected chi connectivity index (χ0v) is 39.2. The summed E-state index contributed by atoms with van der Waals surface area (Å²) in [4.78, 5) is 25.8. The Hall–Kier alpha value is -3.82. The Morgan fingerprint density at radius 1 is 0.492 bits per heavy atom. The van der Waals surface area contributed by atoms with Crippen LogP contribution in [0.15, 0.2) is 129 Å². The number of Topliss-reactive ketones (excluding diaryl/α,β-unsaturated/α-hetero) is 2. The first-order chi connectivity index (χ1) is 28.2. The van der Waals surface area contributed by atoms with E-state index in [1.165, 1.54) is 51.9 Å². The van der Waals surface area contributed by atoms with Gasteiger partial charge in [0, 0.05) is 22.3 Å². The van der Waals surface area contributed by atoms with Gasteiger partial charge in [0.05, 0.1) is 6.61 Å². The minimum atomic E-state index is -0.0160. The fraction of sp³-hybridized carbons (Fsp3) is 0.536. The number of carbonyl (C=O) groups excluding carboxylic acids is 2. The lowest BCUT2D eigenvalue weighted by atomic mass is 9.83. The molecule has 1 aliphatic rings. The van der Waals surface area contributed by atoms with Gasteiger partial charge in [0.2, 0.25) is 0 Å². The highest BCUT2D eigenvalue weighted by Gasteiger charge is 2.28. The van der Waals surface area contributed by atoms with Crippen molar-refractivity contribution in [1.82, 2.24) is 0 Å². The van der Waals surface area contributed by atoms with E-state index < -0.39 is 0 Å². The summed E-state index contributed by atoms with van der Waals surface area (Å²) in [6.07, 6.45) is 38.6. The van der Waals surface area contributed by atoms with E-state index in [9.17, 15) is 9.59 Å². The van der Waals surface area contributed by atoms with E-state index in [-0.39, 0.29) is 18.2 Å². The molecule has 0 saturated heterocycles. The number of rotatable bonds is 28. The average Bonchev–Trinajstić information content (AvgIpc) is 3.19. The van der Waals surface area contributed by atoms with Crippen LogP contribution < -0.4 is 0 Å². The summed E-state index contributed by atoms with van der Waals surface area (Å²) < 4.78 is 0. The number of carbonyl (C=O) groups is 2. The maximum absolute atomic E-state index is 13.0. The van der Waals surface area contributed by atoms with Gasteiger partial charge in [-0.05, 0) is 177 Å². The molecule has 324 valence electrons. The van der Waals surface area contributed by atoms with Gasteiger partial charge < -0.3 is 5.11 Å². The highest BCUT2D eigenvalue weighted by Crippen LogP contribution is 2.29. The fourth-order valence-electron chi connectivity index (χ4n) is 7.62. The second kappa shape index (κ2) is 29.4. The molecule has 0 radical (unpaired) electrons. The van der Waals surface area contributed by atoms with Gasteiger partial charge in [-0.25, -0.2) is 0 Å². The number of hydrogen-bond acceptors (Lipinski definition) is 3. The standard InChI is InChI=1S/C56H82O3/c1-42(22-14-24-44(3)26-16-28-46(5)30-18-32-48(7)34-20-36-50(9)41-57)21-13-23-43(2)25-15-27-45(4)29-17-31-47(6)33-19-35-49(8)39-40-52-51(10)55(58)53-37-11-12-38-54(53)56(52)59/h11-12,21,24-25,28-29,32,36-39,47,57H,13-20,22-23,26-27,30-31,33-35,40-41H2,1-10H3/b42-21+,43-25+,44-24+,45-29+,46-28+,48-32+,49-39+,50-36+. The average molecular weight is 803 g/mol. The molecule has 1 unspecified atom stereocenters. The van der Waals surface area contributed by atoms with Gasteiger partial charge in [0.1, 0.15) is 0 Å². The number of aliphatic hydroxyl groups is 1.